The monoisotopic (exact) mass is 429 g/mol. The zero-order valence-electron chi connectivity index (χ0n) is 15.2. The topological polar surface area (TPSA) is 74.3 Å². The van der Waals surface area contributed by atoms with Crippen LogP contribution in [0.5, 0.6) is 5.75 Å². The van der Waals surface area contributed by atoms with Crippen LogP contribution in [0.2, 0.25) is 0 Å². The van der Waals surface area contributed by atoms with E-state index in [2.05, 4.69) is 21.8 Å². The zero-order chi connectivity index (χ0) is 20.2. The Morgan fingerprint density at radius 1 is 1.31 bits per heavy atom. The normalized spacial score (nSPS) is 11.1. The number of aromatic nitrogens is 5. The molecule has 0 fully saturated rings. The number of hydrogen-bond donors (Lipinski definition) is 0. The number of hydrogen-bond acceptors (Lipinski definition) is 7. The average Bonchev–Trinajstić information content (AvgIpc) is 3.34. The van der Waals surface area contributed by atoms with Gasteiger partial charge in [0.2, 0.25) is 0 Å². The van der Waals surface area contributed by atoms with E-state index in [1.807, 2.05) is 9.95 Å². The Morgan fingerprint density at radius 2 is 2.17 bits per heavy atom. The molecule has 0 N–H and O–H groups in total. The Kier molecular flexibility index (Phi) is 5.72. The smallest absolute Gasteiger partial charge is 0.258 e. The van der Waals surface area contributed by atoms with Gasteiger partial charge in [0, 0.05) is 29.9 Å². The van der Waals surface area contributed by atoms with Gasteiger partial charge in [-0.3, -0.25) is 13.8 Å². The van der Waals surface area contributed by atoms with Crippen LogP contribution < -0.4 is 10.3 Å². The first-order chi connectivity index (χ1) is 14.2. The average molecular weight is 430 g/mol. The summed E-state index contributed by atoms with van der Waals surface area (Å²) in [5.41, 5.74) is 0.554. The van der Waals surface area contributed by atoms with E-state index in [0.717, 1.165) is 0 Å². The first kappa shape index (κ1) is 19.3. The van der Waals surface area contributed by atoms with Gasteiger partial charge >= 0.3 is 0 Å². The van der Waals surface area contributed by atoms with E-state index in [-0.39, 0.29) is 17.9 Å². The highest BCUT2D eigenvalue weighted by molar-refractivity contribution is 7.98. The SMILES string of the molecule is C=CCn1c(COc2ccccc2F)nnc1SCc1cc(=O)n2ccsc2n1. The van der Waals surface area contributed by atoms with Crippen LogP contribution in [0.4, 0.5) is 4.39 Å². The van der Waals surface area contributed by atoms with Gasteiger partial charge in [0.25, 0.3) is 5.56 Å². The molecule has 29 heavy (non-hydrogen) atoms. The zero-order valence-corrected chi connectivity index (χ0v) is 16.8. The van der Waals surface area contributed by atoms with Crippen LogP contribution in [0.15, 0.2) is 64.5 Å². The second-order valence-corrected chi connectivity index (χ2v) is 7.76. The standard InChI is InChI=1S/C19H16FN5O2S2/c1-2-7-24-16(11-27-15-6-4-3-5-14(15)20)22-23-19(24)29-12-13-10-17(26)25-8-9-28-18(25)21-13/h2-6,8-10H,1,7,11-12H2. The fourth-order valence-corrected chi connectivity index (χ4v) is 4.25. The number of halogens is 1. The number of nitrogens with zero attached hydrogens (tertiary/aromatic N) is 5. The lowest BCUT2D eigenvalue weighted by Crippen LogP contribution is -2.12. The Hall–Kier alpha value is -2.98. The maximum absolute atomic E-state index is 13.8. The number of allylic oxidation sites excluding steroid dienone is 1. The summed E-state index contributed by atoms with van der Waals surface area (Å²) in [7, 11) is 0. The van der Waals surface area contributed by atoms with Crippen molar-refractivity contribution < 1.29 is 9.13 Å². The highest BCUT2D eigenvalue weighted by Gasteiger charge is 2.14. The maximum Gasteiger partial charge on any atom is 0.258 e. The minimum atomic E-state index is -0.432. The van der Waals surface area contributed by atoms with Gasteiger partial charge in [0.1, 0.15) is 6.61 Å². The van der Waals surface area contributed by atoms with E-state index in [1.54, 1.807) is 30.5 Å². The molecule has 0 aliphatic heterocycles. The number of thioether (sulfide) groups is 1. The molecule has 0 aliphatic carbocycles. The van der Waals surface area contributed by atoms with Gasteiger partial charge in [-0.1, -0.05) is 30.0 Å². The van der Waals surface area contributed by atoms with Crippen LogP contribution in [0.1, 0.15) is 11.5 Å². The molecular formula is C19H16FN5O2S2. The predicted octanol–water partition coefficient (Wildman–Crippen LogP) is 3.54. The van der Waals surface area contributed by atoms with E-state index >= 15 is 0 Å². The molecule has 0 radical (unpaired) electrons. The van der Waals surface area contributed by atoms with Gasteiger partial charge in [-0.15, -0.1) is 28.1 Å². The molecular weight excluding hydrogens is 413 g/mol. The number of benzene rings is 1. The second kappa shape index (κ2) is 8.58. The minimum absolute atomic E-state index is 0.0725. The van der Waals surface area contributed by atoms with Crippen LogP contribution >= 0.6 is 23.1 Å². The first-order valence-electron chi connectivity index (χ1n) is 8.64. The molecule has 1 aromatic carbocycles. The Labute approximate surface area is 173 Å². The minimum Gasteiger partial charge on any atom is -0.483 e. The summed E-state index contributed by atoms with van der Waals surface area (Å²) in [5.74, 6) is 0.743. The van der Waals surface area contributed by atoms with Crippen molar-refractivity contribution in [2.45, 2.75) is 24.1 Å². The van der Waals surface area contributed by atoms with Crippen molar-refractivity contribution in [2.75, 3.05) is 0 Å². The molecule has 0 saturated carbocycles. The summed E-state index contributed by atoms with van der Waals surface area (Å²) < 4.78 is 22.7. The molecule has 0 amide bonds. The largest absolute Gasteiger partial charge is 0.483 e. The maximum atomic E-state index is 13.8. The lowest BCUT2D eigenvalue weighted by molar-refractivity contribution is 0.275. The van der Waals surface area contributed by atoms with E-state index < -0.39 is 5.82 Å². The van der Waals surface area contributed by atoms with Crippen molar-refractivity contribution in [3.63, 3.8) is 0 Å². The molecule has 10 heteroatoms. The van der Waals surface area contributed by atoms with Crippen LogP contribution in [0, 0.1) is 5.82 Å². The third kappa shape index (κ3) is 4.22. The summed E-state index contributed by atoms with van der Waals surface area (Å²) in [5, 5.41) is 10.8. The number of ether oxygens (including phenoxy) is 1. The second-order valence-electron chi connectivity index (χ2n) is 5.95. The summed E-state index contributed by atoms with van der Waals surface area (Å²) in [4.78, 5) is 17.3. The van der Waals surface area contributed by atoms with Crippen molar-refractivity contribution >= 4 is 28.1 Å². The Bertz CT molecular complexity index is 1220. The van der Waals surface area contributed by atoms with E-state index in [4.69, 9.17) is 4.74 Å². The molecule has 148 valence electrons. The molecule has 4 aromatic rings. The van der Waals surface area contributed by atoms with Crippen molar-refractivity contribution in [1.29, 1.82) is 0 Å². The molecule has 3 heterocycles. The van der Waals surface area contributed by atoms with Gasteiger partial charge < -0.3 is 4.74 Å². The summed E-state index contributed by atoms with van der Waals surface area (Å²) in [6.07, 6.45) is 3.43. The van der Waals surface area contributed by atoms with Gasteiger partial charge in [0.15, 0.2) is 27.5 Å². The first-order valence-corrected chi connectivity index (χ1v) is 10.5. The van der Waals surface area contributed by atoms with E-state index in [1.165, 1.54) is 39.6 Å². The van der Waals surface area contributed by atoms with Crippen molar-refractivity contribution in [1.82, 2.24) is 24.1 Å². The number of para-hydroxylation sites is 1. The quantitative estimate of drug-likeness (QED) is 0.315. The molecule has 0 atom stereocenters. The molecule has 4 rings (SSSR count). The van der Waals surface area contributed by atoms with Crippen LogP contribution in [-0.2, 0) is 18.9 Å². The number of rotatable bonds is 8. The van der Waals surface area contributed by atoms with Crippen molar-refractivity contribution in [2.24, 2.45) is 0 Å². The lowest BCUT2D eigenvalue weighted by atomic mass is 10.3. The van der Waals surface area contributed by atoms with Gasteiger partial charge in [-0.05, 0) is 12.1 Å². The van der Waals surface area contributed by atoms with Crippen LogP contribution in [0.25, 0.3) is 4.96 Å². The highest BCUT2D eigenvalue weighted by atomic mass is 32.2. The number of thiazole rings is 1. The lowest BCUT2D eigenvalue weighted by Gasteiger charge is -2.09. The predicted molar refractivity (Wildman–Crippen MR) is 110 cm³/mol. The van der Waals surface area contributed by atoms with E-state index in [9.17, 15) is 9.18 Å². The fraction of sp³-hybridized carbons (Fsp3) is 0.158. The molecule has 7 nitrogen and oxygen atoms in total. The summed E-state index contributed by atoms with van der Waals surface area (Å²) in [6.45, 7) is 4.32. The molecule has 3 aromatic heterocycles. The fourth-order valence-electron chi connectivity index (χ4n) is 2.65. The third-order valence-electron chi connectivity index (χ3n) is 4.00. The molecule has 0 unspecified atom stereocenters. The molecule has 0 aliphatic rings. The Balaban J connectivity index is 1.50. The van der Waals surface area contributed by atoms with Crippen molar-refractivity contribution in [3.05, 3.63) is 82.3 Å². The summed E-state index contributed by atoms with van der Waals surface area (Å²) >= 11 is 2.82. The third-order valence-corrected chi connectivity index (χ3v) is 5.76. The van der Waals surface area contributed by atoms with Crippen molar-refractivity contribution in [3.8, 4) is 5.75 Å². The molecule has 0 saturated heterocycles. The van der Waals surface area contributed by atoms with Gasteiger partial charge in [0.05, 0.1) is 5.69 Å². The highest BCUT2D eigenvalue weighted by Crippen LogP contribution is 2.23. The Morgan fingerprint density at radius 3 is 3.00 bits per heavy atom. The van der Waals surface area contributed by atoms with Gasteiger partial charge in [-0.2, -0.15) is 0 Å². The van der Waals surface area contributed by atoms with Crippen LogP contribution in [-0.4, -0.2) is 24.1 Å². The van der Waals surface area contributed by atoms with E-state index in [0.29, 0.717) is 33.9 Å². The molecule has 0 bridgehead atoms. The number of fused-ring (bicyclic) bond motifs is 1. The molecule has 0 spiro atoms. The van der Waals surface area contributed by atoms with Crippen LogP contribution in [0.3, 0.4) is 0 Å². The summed E-state index contributed by atoms with van der Waals surface area (Å²) in [6, 6.07) is 7.72. The van der Waals surface area contributed by atoms with Gasteiger partial charge in [-0.25, -0.2) is 9.37 Å².